The average molecular weight is 413 g/mol. The number of nitrogens with zero attached hydrogens (tertiary/aromatic N) is 3. The molecule has 3 rings (SSSR count). The number of aryl methyl sites for hydroxylation is 3. The van der Waals surface area contributed by atoms with Gasteiger partial charge in [-0.25, -0.2) is 9.97 Å². The molecule has 0 unspecified atom stereocenters. The Hall–Kier alpha value is -2.71. The van der Waals surface area contributed by atoms with Crippen molar-refractivity contribution in [3.8, 4) is 0 Å². The van der Waals surface area contributed by atoms with Crippen LogP contribution in [0.4, 0.5) is 11.5 Å². The van der Waals surface area contributed by atoms with E-state index in [9.17, 15) is 0 Å². The SMILES string of the molecule is CCOCc1nc2c(N)nc(C)c(C)c2n1CCCNC(=S)Nc1ccccc1. The number of nitrogens with one attached hydrogen (secondary N) is 2. The van der Waals surface area contributed by atoms with Crippen LogP contribution in [0, 0.1) is 13.8 Å². The molecule has 7 nitrogen and oxygen atoms in total. The van der Waals surface area contributed by atoms with Crippen molar-refractivity contribution >= 4 is 39.9 Å². The molecule has 0 spiro atoms. The van der Waals surface area contributed by atoms with Crippen molar-refractivity contribution in [1.29, 1.82) is 0 Å². The van der Waals surface area contributed by atoms with Gasteiger partial charge in [0.05, 0.1) is 5.52 Å². The van der Waals surface area contributed by atoms with Crippen molar-refractivity contribution in [3.63, 3.8) is 0 Å². The van der Waals surface area contributed by atoms with E-state index >= 15 is 0 Å². The Morgan fingerprint density at radius 2 is 1.97 bits per heavy atom. The average Bonchev–Trinajstić information content (AvgIpc) is 3.08. The maximum Gasteiger partial charge on any atom is 0.170 e. The van der Waals surface area contributed by atoms with E-state index in [1.54, 1.807) is 0 Å². The maximum atomic E-state index is 6.14. The molecular formula is C21H28N6OS. The number of aromatic nitrogens is 3. The van der Waals surface area contributed by atoms with Gasteiger partial charge in [0.1, 0.15) is 17.9 Å². The van der Waals surface area contributed by atoms with Gasteiger partial charge in [-0.2, -0.15) is 0 Å². The Labute approximate surface area is 176 Å². The highest BCUT2D eigenvalue weighted by atomic mass is 32.1. The van der Waals surface area contributed by atoms with E-state index < -0.39 is 0 Å². The molecule has 0 aliphatic carbocycles. The molecule has 0 fully saturated rings. The summed E-state index contributed by atoms with van der Waals surface area (Å²) < 4.78 is 7.81. The third kappa shape index (κ3) is 5.02. The zero-order chi connectivity index (χ0) is 20.8. The molecule has 154 valence electrons. The molecular weight excluding hydrogens is 384 g/mol. The molecule has 29 heavy (non-hydrogen) atoms. The predicted molar refractivity (Wildman–Crippen MR) is 122 cm³/mol. The van der Waals surface area contributed by atoms with Crippen molar-refractivity contribution < 1.29 is 4.74 Å². The maximum absolute atomic E-state index is 6.14. The van der Waals surface area contributed by atoms with Gasteiger partial charge in [0.15, 0.2) is 10.9 Å². The fourth-order valence-corrected chi connectivity index (χ4v) is 3.45. The highest BCUT2D eigenvalue weighted by Crippen LogP contribution is 2.26. The minimum absolute atomic E-state index is 0.449. The third-order valence-corrected chi connectivity index (χ3v) is 5.03. The monoisotopic (exact) mass is 412 g/mol. The number of benzene rings is 1. The van der Waals surface area contributed by atoms with Gasteiger partial charge in [-0.05, 0) is 57.1 Å². The van der Waals surface area contributed by atoms with E-state index in [-0.39, 0.29) is 0 Å². The first-order valence-corrected chi connectivity index (χ1v) is 10.2. The number of ether oxygens (including phenoxy) is 1. The van der Waals surface area contributed by atoms with E-state index in [0.717, 1.165) is 53.3 Å². The summed E-state index contributed by atoms with van der Waals surface area (Å²) in [6.45, 7) is 8.61. The summed E-state index contributed by atoms with van der Waals surface area (Å²) in [4.78, 5) is 9.13. The Balaban J connectivity index is 1.69. The summed E-state index contributed by atoms with van der Waals surface area (Å²) in [7, 11) is 0. The van der Waals surface area contributed by atoms with Crippen molar-refractivity contribution in [2.45, 2.75) is 40.3 Å². The molecule has 4 N–H and O–H groups in total. The third-order valence-electron chi connectivity index (χ3n) is 4.79. The molecule has 2 heterocycles. The number of rotatable bonds is 8. The molecule has 0 bridgehead atoms. The summed E-state index contributed by atoms with van der Waals surface area (Å²) in [6.07, 6.45) is 0.877. The van der Waals surface area contributed by atoms with Crippen LogP contribution in [0.5, 0.6) is 0 Å². The summed E-state index contributed by atoms with van der Waals surface area (Å²) >= 11 is 5.38. The van der Waals surface area contributed by atoms with Crippen molar-refractivity contribution in [1.82, 2.24) is 19.9 Å². The lowest BCUT2D eigenvalue weighted by atomic mass is 10.2. The van der Waals surface area contributed by atoms with Crippen molar-refractivity contribution in [3.05, 3.63) is 47.4 Å². The first-order chi connectivity index (χ1) is 14.0. The predicted octanol–water partition coefficient (Wildman–Crippen LogP) is 3.54. The van der Waals surface area contributed by atoms with E-state index in [0.29, 0.717) is 24.1 Å². The van der Waals surface area contributed by atoms with Gasteiger partial charge in [-0.3, -0.25) is 0 Å². The van der Waals surface area contributed by atoms with Gasteiger partial charge in [-0.1, -0.05) is 18.2 Å². The number of nitrogens with two attached hydrogens (primary N) is 1. The number of nitrogen functional groups attached to an aromatic ring is 1. The topological polar surface area (TPSA) is 90.0 Å². The Kier molecular flexibility index (Phi) is 7.00. The van der Waals surface area contributed by atoms with Crippen LogP contribution in [-0.2, 0) is 17.9 Å². The molecule has 8 heteroatoms. The lowest BCUT2D eigenvalue weighted by molar-refractivity contribution is 0.126. The largest absolute Gasteiger partial charge is 0.382 e. The van der Waals surface area contributed by atoms with Crippen LogP contribution >= 0.6 is 12.2 Å². The van der Waals surface area contributed by atoms with Gasteiger partial charge in [-0.15, -0.1) is 0 Å². The second-order valence-electron chi connectivity index (χ2n) is 6.82. The molecule has 0 radical (unpaired) electrons. The highest BCUT2D eigenvalue weighted by Gasteiger charge is 2.17. The first kappa shape index (κ1) is 21.0. The molecule has 0 saturated carbocycles. The molecule has 0 aliphatic heterocycles. The number of para-hydroxylation sites is 1. The normalized spacial score (nSPS) is 11.0. The number of imidazole rings is 1. The standard InChI is InChI=1S/C21H28N6OS/c1-4-28-13-17-26-18-19(14(2)15(3)24-20(18)22)27(17)12-8-11-23-21(29)25-16-9-6-5-7-10-16/h5-7,9-10H,4,8,11-13H2,1-3H3,(H2,22,24)(H2,23,25,29). The van der Waals surface area contributed by atoms with Gasteiger partial charge in [0, 0.05) is 31.1 Å². The van der Waals surface area contributed by atoms with E-state index in [4.69, 9.17) is 27.7 Å². The zero-order valence-corrected chi connectivity index (χ0v) is 18.0. The fourth-order valence-electron chi connectivity index (χ4n) is 3.23. The lowest BCUT2D eigenvalue weighted by Crippen LogP contribution is -2.29. The van der Waals surface area contributed by atoms with Crippen LogP contribution in [0.25, 0.3) is 11.0 Å². The Morgan fingerprint density at radius 1 is 1.21 bits per heavy atom. The van der Waals surface area contributed by atoms with E-state index in [1.165, 1.54) is 0 Å². The van der Waals surface area contributed by atoms with Crippen LogP contribution in [-0.4, -0.2) is 32.8 Å². The summed E-state index contributed by atoms with van der Waals surface area (Å²) in [5, 5.41) is 7.06. The quantitative estimate of drug-likeness (QED) is 0.385. The van der Waals surface area contributed by atoms with Crippen LogP contribution in [0.1, 0.15) is 30.4 Å². The lowest BCUT2D eigenvalue weighted by Gasteiger charge is -2.13. The molecule has 0 amide bonds. The van der Waals surface area contributed by atoms with Crippen LogP contribution in [0.2, 0.25) is 0 Å². The van der Waals surface area contributed by atoms with E-state index in [2.05, 4.69) is 27.1 Å². The van der Waals surface area contributed by atoms with Crippen LogP contribution < -0.4 is 16.4 Å². The smallest absolute Gasteiger partial charge is 0.170 e. The summed E-state index contributed by atoms with van der Waals surface area (Å²) in [5.74, 6) is 1.33. The minimum atomic E-state index is 0.449. The number of pyridine rings is 1. The number of fused-ring (bicyclic) bond motifs is 1. The Bertz CT molecular complexity index is 986. The van der Waals surface area contributed by atoms with Gasteiger partial charge >= 0.3 is 0 Å². The molecule has 0 aliphatic rings. The Morgan fingerprint density at radius 3 is 2.69 bits per heavy atom. The van der Waals surface area contributed by atoms with Crippen molar-refractivity contribution in [2.75, 3.05) is 24.2 Å². The van der Waals surface area contributed by atoms with E-state index in [1.807, 2.05) is 44.2 Å². The number of hydrogen-bond donors (Lipinski definition) is 3. The highest BCUT2D eigenvalue weighted by molar-refractivity contribution is 7.80. The van der Waals surface area contributed by atoms with Crippen LogP contribution in [0.15, 0.2) is 30.3 Å². The minimum Gasteiger partial charge on any atom is -0.382 e. The molecule has 0 atom stereocenters. The van der Waals surface area contributed by atoms with Gasteiger partial charge < -0.3 is 25.7 Å². The fraction of sp³-hybridized carbons (Fsp3) is 0.381. The van der Waals surface area contributed by atoms with Gasteiger partial charge in [0.2, 0.25) is 0 Å². The number of hydrogen-bond acceptors (Lipinski definition) is 5. The summed E-state index contributed by atoms with van der Waals surface area (Å²) in [5.41, 5.74) is 10.9. The molecule has 2 aromatic heterocycles. The van der Waals surface area contributed by atoms with Crippen molar-refractivity contribution in [2.24, 2.45) is 0 Å². The molecule has 3 aromatic rings. The second kappa shape index (κ2) is 9.67. The second-order valence-corrected chi connectivity index (χ2v) is 7.23. The van der Waals surface area contributed by atoms with Crippen LogP contribution in [0.3, 0.4) is 0 Å². The number of thiocarbonyl (C=S) groups is 1. The molecule has 1 aromatic carbocycles. The zero-order valence-electron chi connectivity index (χ0n) is 17.2. The first-order valence-electron chi connectivity index (χ1n) is 9.80. The number of anilines is 2. The molecule has 0 saturated heterocycles. The van der Waals surface area contributed by atoms with Gasteiger partial charge in [0.25, 0.3) is 0 Å². The summed E-state index contributed by atoms with van der Waals surface area (Å²) in [6, 6.07) is 9.88.